The molecule has 0 bridgehead atoms. The minimum atomic E-state index is -0.00323. The monoisotopic (exact) mass is 463 g/mol. The summed E-state index contributed by atoms with van der Waals surface area (Å²) in [6, 6.07) is 13.7. The Labute approximate surface area is 196 Å². The van der Waals surface area contributed by atoms with Crippen molar-refractivity contribution in [3.05, 3.63) is 59.2 Å². The molecular formula is C24H25N5O3S. The van der Waals surface area contributed by atoms with E-state index in [2.05, 4.69) is 34.2 Å². The van der Waals surface area contributed by atoms with Crippen LogP contribution in [0, 0.1) is 6.92 Å². The number of fused-ring (bicyclic) bond motifs is 1. The van der Waals surface area contributed by atoms with E-state index in [0.717, 1.165) is 41.5 Å². The summed E-state index contributed by atoms with van der Waals surface area (Å²) in [5.41, 5.74) is 4.49. The number of hydrogen-bond donors (Lipinski definition) is 0. The number of carbonyl (C=O) groups excluding carboxylic acids is 2. The van der Waals surface area contributed by atoms with Gasteiger partial charge in [-0.15, -0.1) is 10.2 Å². The number of ketones is 1. The molecular weight excluding hydrogens is 438 g/mol. The summed E-state index contributed by atoms with van der Waals surface area (Å²) >= 11 is 1.37. The molecule has 170 valence electrons. The highest BCUT2D eigenvalue weighted by Crippen LogP contribution is 2.31. The number of rotatable bonds is 6. The molecule has 0 spiro atoms. The first kappa shape index (κ1) is 21.7. The van der Waals surface area contributed by atoms with Gasteiger partial charge in [-0.1, -0.05) is 23.9 Å². The Morgan fingerprint density at radius 2 is 1.94 bits per heavy atom. The third-order valence-electron chi connectivity index (χ3n) is 5.98. The number of morpholine rings is 1. The number of hydrogen-bond acceptors (Lipinski definition) is 7. The minimum absolute atomic E-state index is 0.00323. The first-order chi connectivity index (χ1) is 16.0. The number of amides is 1. The van der Waals surface area contributed by atoms with Gasteiger partial charge in [0, 0.05) is 31.4 Å². The Morgan fingerprint density at radius 3 is 2.73 bits per heavy atom. The van der Waals surface area contributed by atoms with Gasteiger partial charge in [-0.2, -0.15) is 0 Å². The normalized spacial score (nSPS) is 15.8. The van der Waals surface area contributed by atoms with E-state index >= 15 is 0 Å². The van der Waals surface area contributed by atoms with E-state index in [1.54, 1.807) is 18.0 Å². The summed E-state index contributed by atoms with van der Waals surface area (Å²) in [5.74, 6) is 1.04. The summed E-state index contributed by atoms with van der Waals surface area (Å²) in [7, 11) is 1.76. The molecule has 0 unspecified atom stereocenters. The molecule has 0 N–H and O–H groups in total. The maximum atomic E-state index is 13.0. The minimum Gasteiger partial charge on any atom is -0.378 e. The van der Waals surface area contributed by atoms with E-state index in [1.807, 2.05) is 28.8 Å². The third-order valence-corrected chi connectivity index (χ3v) is 6.91. The van der Waals surface area contributed by atoms with Crippen LogP contribution in [0.25, 0.3) is 5.69 Å². The Bertz CT molecular complexity index is 1220. The van der Waals surface area contributed by atoms with E-state index in [-0.39, 0.29) is 17.4 Å². The van der Waals surface area contributed by atoms with Crippen LogP contribution in [0.2, 0.25) is 0 Å². The van der Waals surface area contributed by atoms with Crippen molar-refractivity contribution in [1.29, 1.82) is 0 Å². The summed E-state index contributed by atoms with van der Waals surface area (Å²) in [6.07, 6.45) is 0.338. The molecule has 1 amide bonds. The topological polar surface area (TPSA) is 80.6 Å². The molecule has 3 heterocycles. The number of Topliss-reactive ketones (excluding diaryl/α,β-unsaturated/α-hetero) is 1. The molecule has 9 heteroatoms. The fraction of sp³-hybridized carbons (Fsp3) is 0.333. The average molecular weight is 464 g/mol. The van der Waals surface area contributed by atoms with Crippen LogP contribution < -0.4 is 9.80 Å². The Morgan fingerprint density at radius 1 is 1.12 bits per heavy atom. The lowest BCUT2D eigenvalue weighted by molar-refractivity contribution is -0.117. The molecule has 0 aliphatic carbocycles. The van der Waals surface area contributed by atoms with Gasteiger partial charge in [0.05, 0.1) is 31.1 Å². The van der Waals surface area contributed by atoms with E-state index in [9.17, 15) is 9.59 Å². The standard InChI is InChI=1S/C24H25N5O3S/c1-16-4-3-5-19(12-16)29-23(28-8-10-32-11-9-28)25-26-24(29)33-15-21(30)17-6-7-20-18(13-17)14-22(31)27(20)2/h3-7,12-13H,8-11,14-15H2,1-2H3. The van der Waals surface area contributed by atoms with Crippen LogP contribution in [0.15, 0.2) is 47.6 Å². The smallest absolute Gasteiger partial charge is 0.232 e. The molecule has 33 heavy (non-hydrogen) atoms. The van der Waals surface area contributed by atoms with Crippen molar-refractivity contribution >= 4 is 35.1 Å². The number of anilines is 2. The number of aromatic nitrogens is 3. The average Bonchev–Trinajstić information content (AvgIpc) is 3.38. The molecule has 1 saturated heterocycles. The number of thioether (sulfide) groups is 1. The molecule has 0 radical (unpaired) electrons. The number of aryl methyl sites for hydroxylation is 1. The van der Waals surface area contributed by atoms with Gasteiger partial charge in [0.1, 0.15) is 0 Å². The van der Waals surface area contributed by atoms with Crippen LogP contribution >= 0.6 is 11.8 Å². The van der Waals surface area contributed by atoms with E-state index < -0.39 is 0 Å². The second kappa shape index (κ2) is 8.99. The molecule has 2 aromatic carbocycles. The maximum Gasteiger partial charge on any atom is 0.232 e. The molecule has 5 rings (SSSR count). The quantitative estimate of drug-likeness (QED) is 0.411. The van der Waals surface area contributed by atoms with Crippen LogP contribution in [-0.2, 0) is 16.0 Å². The molecule has 1 fully saturated rings. The van der Waals surface area contributed by atoms with Gasteiger partial charge >= 0.3 is 0 Å². The van der Waals surface area contributed by atoms with Crippen molar-refractivity contribution < 1.29 is 14.3 Å². The fourth-order valence-electron chi connectivity index (χ4n) is 4.17. The van der Waals surface area contributed by atoms with E-state index in [1.165, 1.54) is 11.8 Å². The van der Waals surface area contributed by atoms with Crippen molar-refractivity contribution in [2.45, 2.75) is 18.5 Å². The van der Waals surface area contributed by atoms with Gasteiger partial charge in [-0.3, -0.25) is 14.2 Å². The largest absolute Gasteiger partial charge is 0.378 e. The summed E-state index contributed by atoms with van der Waals surface area (Å²) in [4.78, 5) is 28.7. The molecule has 2 aliphatic rings. The van der Waals surface area contributed by atoms with Crippen LogP contribution in [0.1, 0.15) is 21.5 Å². The molecule has 8 nitrogen and oxygen atoms in total. The second-order valence-electron chi connectivity index (χ2n) is 8.24. The number of carbonyl (C=O) groups is 2. The summed E-state index contributed by atoms with van der Waals surface area (Å²) < 4.78 is 7.51. The lowest BCUT2D eigenvalue weighted by atomic mass is 10.1. The zero-order valence-corrected chi connectivity index (χ0v) is 19.5. The predicted octanol–water partition coefficient (Wildman–Crippen LogP) is 2.91. The first-order valence-electron chi connectivity index (χ1n) is 10.9. The van der Waals surface area contributed by atoms with E-state index in [4.69, 9.17) is 4.74 Å². The summed E-state index contributed by atoms with van der Waals surface area (Å²) in [6.45, 7) is 4.84. The third kappa shape index (κ3) is 4.26. The van der Waals surface area contributed by atoms with Gasteiger partial charge in [-0.05, 0) is 48.4 Å². The van der Waals surface area contributed by atoms with Crippen LogP contribution in [0.4, 0.5) is 11.6 Å². The Kier molecular flexibility index (Phi) is 5.90. The predicted molar refractivity (Wildman–Crippen MR) is 128 cm³/mol. The zero-order valence-electron chi connectivity index (χ0n) is 18.7. The van der Waals surface area contributed by atoms with Crippen molar-refractivity contribution in [2.24, 2.45) is 0 Å². The molecule has 0 atom stereocenters. The fourth-order valence-corrected chi connectivity index (χ4v) is 5.02. The number of likely N-dealkylation sites (N-methyl/N-ethyl adjacent to an activating group) is 1. The van der Waals surface area contributed by atoms with E-state index in [0.29, 0.717) is 30.4 Å². The molecule has 3 aromatic rings. The second-order valence-corrected chi connectivity index (χ2v) is 9.18. The number of ether oxygens (including phenoxy) is 1. The lowest BCUT2D eigenvalue weighted by Gasteiger charge is -2.28. The van der Waals surface area contributed by atoms with Crippen molar-refractivity contribution in [2.75, 3.05) is 48.9 Å². The van der Waals surface area contributed by atoms with Crippen molar-refractivity contribution in [1.82, 2.24) is 14.8 Å². The van der Waals surface area contributed by atoms with Crippen molar-refractivity contribution in [3.63, 3.8) is 0 Å². The Hall–Kier alpha value is -3.17. The Balaban J connectivity index is 1.39. The van der Waals surface area contributed by atoms with Gasteiger partial charge in [0.15, 0.2) is 10.9 Å². The maximum absolute atomic E-state index is 13.0. The van der Waals surface area contributed by atoms with Gasteiger partial charge < -0.3 is 14.5 Å². The van der Waals surface area contributed by atoms with Gasteiger partial charge in [-0.25, -0.2) is 0 Å². The number of benzene rings is 2. The summed E-state index contributed by atoms with van der Waals surface area (Å²) in [5, 5.41) is 9.57. The molecule has 1 aromatic heterocycles. The van der Waals surface area contributed by atoms with Gasteiger partial charge in [0.2, 0.25) is 11.9 Å². The van der Waals surface area contributed by atoms with Crippen LogP contribution in [0.3, 0.4) is 0 Å². The lowest BCUT2D eigenvalue weighted by Crippen LogP contribution is -2.37. The van der Waals surface area contributed by atoms with Crippen LogP contribution in [-0.4, -0.2) is 65.6 Å². The highest BCUT2D eigenvalue weighted by Gasteiger charge is 2.26. The van der Waals surface area contributed by atoms with Crippen LogP contribution in [0.5, 0.6) is 0 Å². The SMILES string of the molecule is Cc1cccc(-n2c(SCC(=O)c3ccc4c(c3)CC(=O)N4C)nnc2N2CCOCC2)c1. The molecule has 2 aliphatic heterocycles. The zero-order chi connectivity index (χ0) is 22.9. The highest BCUT2D eigenvalue weighted by molar-refractivity contribution is 7.99. The highest BCUT2D eigenvalue weighted by atomic mass is 32.2. The van der Waals surface area contributed by atoms with Crippen molar-refractivity contribution in [3.8, 4) is 5.69 Å². The number of nitrogens with zero attached hydrogens (tertiary/aromatic N) is 5. The van der Waals surface area contributed by atoms with Gasteiger partial charge in [0.25, 0.3) is 0 Å². The first-order valence-corrected chi connectivity index (χ1v) is 11.9. The molecule has 0 saturated carbocycles.